The Morgan fingerprint density at radius 2 is 2.00 bits per heavy atom. The molecule has 0 saturated carbocycles. The van der Waals surface area contributed by atoms with Gasteiger partial charge in [-0.2, -0.15) is 0 Å². The molecule has 3 aromatic rings. The number of hydrogen-bond acceptors (Lipinski definition) is 3. The van der Waals surface area contributed by atoms with Gasteiger partial charge >= 0.3 is 0 Å². The van der Waals surface area contributed by atoms with Gasteiger partial charge in [-0.15, -0.1) is 0 Å². The first-order valence-corrected chi connectivity index (χ1v) is 7.00. The second kappa shape index (κ2) is 5.37. The average molecular weight is 305 g/mol. The van der Waals surface area contributed by atoms with Crippen molar-refractivity contribution in [2.45, 2.75) is 19.3 Å². The number of nitrogens with two attached hydrogens (primary N) is 1. The molecule has 21 heavy (non-hydrogen) atoms. The van der Waals surface area contributed by atoms with Crippen LogP contribution in [-0.4, -0.2) is 4.98 Å². The molecule has 0 bridgehead atoms. The molecule has 3 nitrogen and oxygen atoms in total. The maximum Gasteiger partial charge on any atom is 0.196 e. The van der Waals surface area contributed by atoms with E-state index in [0.29, 0.717) is 23.4 Å². The topological polar surface area (TPSA) is 52.0 Å². The first kappa shape index (κ1) is 13.9. The molecule has 1 atom stereocenters. The van der Waals surface area contributed by atoms with Gasteiger partial charge in [0, 0.05) is 18.2 Å². The molecule has 0 aliphatic rings. The van der Waals surface area contributed by atoms with E-state index in [9.17, 15) is 4.39 Å². The molecule has 1 aromatic heterocycles. The second-order valence-corrected chi connectivity index (χ2v) is 5.52. The zero-order chi connectivity index (χ0) is 15.0. The zero-order valence-corrected chi connectivity index (χ0v) is 12.2. The number of rotatable bonds is 3. The van der Waals surface area contributed by atoms with Crippen molar-refractivity contribution in [3.05, 3.63) is 58.7 Å². The van der Waals surface area contributed by atoms with Crippen molar-refractivity contribution in [2.24, 2.45) is 0 Å². The van der Waals surface area contributed by atoms with Gasteiger partial charge in [-0.25, -0.2) is 9.37 Å². The number of nitrogens with zero attached hydrogens (tertiary/aromatic N) is 1. The third-order valence-electron chi connectivity index (χ3n) is 3.44. The summed E-state index contributed by atoms with van der Waals surface area (Å²) in [5, 5.41) is 0.240. The summed E-state index contributed by atoms with van der Waals surface area (Å²) in [4.78, 5) is 4.30. The highest BCUT2D eigenvalue weighted by Crippen LogP contribution is 2.28. The molecule has 0 aliphatic carbocycles. The Labute approximate surface area is 126 Å². The van der Waals surface area contributed by atoms with Crippen LogP contribution in [0.5, 0.6) is 0 Å². The van der Waals surface area contributed by atoms with Crippen molar-refractivity contribution < 1.29 is 8.81 Å². The number of halogens is 2. The summed E-state index contributed by atoms with van der Waals surface area (Å²) >= 11 is 5.96. The van der Waals surface area contributed by atoms with Gasteiger partial charge in [0.15, 0.2) is 11.5 Å². The van der Waals surface area contributed by atoms with Gasteiger partial charge in [0.05, 0.1) is 5.02 Å². The lowest BCUT2D eigenvalue weighted by atomic mass is 9.98. The van der Waals surface area contributed by atoms with Crippen LogP contribution < -0.4 is 5.73 Å². The lowest BCUT2D eigenvalue weighted by Crippen LogP contribution is -1.99. The van der Waals surface area contributed by atoms with E-state index in [1.165, 1.54) is 12.1 Å². The van der Waals surface area contributed by atoms with Gasteiger partial charge in [0.2, 0.25) is 0 Å². The molecule has 108 valence electrons. The Kier molecular flexibility index (Phi) is 3.55. The maximum atomic E-state index is 13.3. The Bertz CT molecular complexity index is 783. The van der Waals surface area contributed by atoms with Crippen molar-refractivity contribution in [1.29, 1.82) is 0 Å². The number of benzene rings is 2. The molecule has 0 amide bonds. The Morgan fingerprint density at radius 3 is 2.71 bits per heavy atom. The lowest BCUT2D eigenvalue weighted by Gasteiger charge is -2.09. The zero-order valence-electron chi connectivity index (χ0n) is 11.4. The first-order chi connectivity index (χ1) is 10.0. The van der Waals surface area contributed by atoms with Crippen LogP contribution in [-0.2, 0) is 6.42 Å². The molecule has 1 heterocycles. The summed E-state index contributed by atoms with van der Waals surface area (Å²) < 4.78 is 18.9. The largest absolute Gasteiger partial charge is 0.439 e. The summed E-state index contributed by atoms with van der Waals surface area (Å²) in [6, 6.07) is 10.2. The Balaban J connectivity index is 1.87. The molecular formula is C16H14ClFN2O. The van der Waals surface area contributed by atoms with E-state index >= 15 is 0 Å². The highest BCUT2D eigenvalue weighted by molar-refractivity contribution is 6.34. The van der Waals surface area contributed by atoms with Gasteiger partial charge in [-0.1, -0.05) is 30.7 Å². The van der Waals surface area contributed by atoms with Crippen LogP contribution in [0, 0.1) is 5.82 Å². The molecule has 2 aromatic carbocycles. The number of hydrogen-bond donors (Lipinski definition) is 1. The van der Waals surface area contributed by atoms with Crippen molar-refractivity contribution in [2.75, 3.05) is 5.73 Å². The molecule has 5 heteroatoms. The summed E-state index contributed by atoms with van der Waals surface area (Å²) in [6.45, 7) is 2.07. The van der Waals surface area contributed by atoms with Crippen molar-refractivity contribution in [1.82, 2.24) is 4.98 Å². The fraction of sp³-hybridized carbons (Fsp3) is 0.188. The number of fused-ring (bicyclic) bond motifs is 1. The minimum atomic E-state index is -0.418. The van der Waals surface area contributed by atoms with Gasteiger partial charge < -0.3 is 10.2 Å². The van der Waals surface area contributed by atoms with E-state index in [0.717, 1.165) is 11.3 Å². The van der Waals surface area contributed by atoms with Gasteiger partial charge in [0.25, 0.3) is 0 Å². The van der Waals surface area contributed by atoms with Gasteiger partial charge in [-0.3, -0.25) is 0 Å². The summed E-state index contributed by atoms with van der Waals surface area (Å²) in [6.07, 6.45) is 0.608. The average Bonchev–Trinajstić information content (AvgIpc) is 2.82. The predicted molar refractivity (Wildman–Crippen MR) is 82.0 cm³/mol. The fourth-order valence-electron chi connectivity index (χ4n) is 2.30. The normalized spacial score (nSPS) is 12.7. The van der Waals surface area contributed by atoms with Crippen molar-refractivity contribution in [3.8, 4) is 0 Å². The summed E-state index contributed by atoms with van der Waals surface area (Å²) in [7, 11) is 0. The van der Waals surface area contributed by atoms with E-state index < -0.39 is 5.82 Å². The maximum absolute atomic E-state index is 13.3. The van der Waals surface area contributed by atoms with Gasteiger partial charge in [-0.05, 0) is 29.7 Å². The van der Waals surface area contributed by atoms with E-state index in [1.54, 1.807) is 0 Å². The third-order valence-corrected chi connectivity index (χ3v) is 3.72. The molecule has 0 radical (unpaired) electrons. The predicted octanol–water partition coefficient (Wildman–Crippen LogP) is 4.55. The van der Waals surface area contributed by atoms with Crippen LogP contribution in [0.3, 0.4) is 0 Å². The minimum Gasteiger partial charge on any atom is -0.439 e. The summed E-state index contributed by atoms with van der Waals surface area (Å²) in [5.41, 5.74) is 8.43. The van der Waals surface area contributed by atoms with Crippen molar-refractivity contribution in [3.63, 3.8) is 0 Å². The highest BCUT2D eigenvalue weighted by Gasteiger charge is 2.14. The smallest absolute Gasteiger partial charge is 0.196 e. The standard InChI is InChI=1S/C16H14ClFN2O/c1-9(10-2-4-12(19)5-3-10)6-15-20-14-8-11(18)7-13(17)16(14)21-15/h2-5,7-9H,6,19H2,1H3. The third kappa shape index (κ3) is 2.85. The van der Waals surface area contributed by atoms with Crippen LogP contribution in [0.1, 0.15) is 24.3 Å². The summed E-state index contributed by atoms with van der Waals surface area (Å²) in [5.74, 6) is 0.336. The SMILES string of the molecule is CC(Cc1nc2cc(F)cc(Cl)c2o1)c1ccc(N)cc1. The van der Waals surface area contributed by atoms with Crippen LogP contribution in [0.4, 0.5) is 10.1 Å². The molecule has 2 N–H and O–H groups in total. The van der Waals surface area contributed by atoms with Gasteiger partial charge in [0.1, 0.15) is 11.3 Å². The number of nitrogen functional groups attached to an aromatic ring is 1. The quantitative estimate of drug-likeness (QED) is 0.722. The monoisotopic (exact) mass is 304 g/mol. The minimum absolute atomic E-state index is 0.210. The Hall–Kier alpha value is -2.07. The molecule has 3 rings (SSSR count). The lowest BCUT2D eigenvalue weighted by molar-refractivity contribution is 0.508. The van der Waals surface area contributed by atoms with Crippen LogP contribution >= 0.6 is 11.6 Å². The van der Waals surface area contributed by atoms with Crippen LogP contribution in [0.2, 0.25) is 5.02 Å². The van der Waals surface area contributed by atoms with Crippen molar-refractivity contribution >= 4 is 28.4 Å². The highest BCUT2D eigenvalue weighted by atomic mass is 35.5. The van der Waals surface area contributed by atoms with Crippen LogP contribution in [0.15, 0.2) is 40.8 Å². The number of anilines is 1. The molecule has 0 saturated heterocycles. The molecule has 0 aliphatic heterocycles. The number of aromatic nitrogens is 1. The molecule has 1 unspecified atom stereocenters. The van der Waals surface area contributed by atoms with E-state index in [1.807, 2.05) is 24.3 Å². The second-order valence-electron chi connectivity index (χ2n) is 5.12. The molecule has 0 spiro atoms. The van der Waals surface area contributed by atoms with E-state index in [4.69, 9.17) is 21.8 Å². The van der Waals surface area contributed by atoms with E-state index in [2.05, 4.69) is 11.9 Å². The Morgan fingerprint density at radius 1 is 1.29 bits per heavy atom. The molecule has 0 fully saturated rings. The van der Waals surface area contributed by atoms with Crippen LogP contribution in [0.25, 0.3) is 11.1 Å². The fourth-order valence-corrected chi connectivity index (χ4v) is 2.54. The molecular weight excluding hydrogens is 291 g/mol. The first-order valence-electron chi connectivity index (χ1n) is 6.63. The number of oxazole rings is 1. The van der Waals surface area contributed by atoms with E-state index in [-0.39, 0.29) is 10.9 Å².